The van der Waals surface area contributed by atoms with E-state index in [0.29, 0.717) is 14.1 Å². The minimum Gasteiger partial charge on any atom is -0.507 e. The molecule has 0 saturated carbocycles. The van der Waals surface area contributed by atoms with Gasteiger partial charge in [-0.25, -0.2) is 4.39 Å². The number of halogens is 1. The van der Waals surface area contributed by atoms with Crippen molar-refractivity contribution in [2.45, 2.75) is 0 Å². The van der Waals surface area contributed by atoms with E-state index in [9.17, 15) is 9.50 Å². The third-order valence-electron chi connectivity index (χ3n) is 5.45. The van der Waals surface area contributed by atoms with Crippen molar-refractivity contribution in [3.8, 4) is 28.0 Å². The van der Waals surface area contributed by atoms with Gasteiger partial charge in [0.1, 0.15) is 11.6 Å². The van der Waals surface area contributed by atoms with Crippen LogP contribution in [0.4, 0.5) is 4.39 Å². The second-order valence-electron chi connectivity index (χ2n) is 7.41. The standard InChI is InChI=1S/C28H20FOP/c29-25-11-5-3-8-22(25)20-13-16-21(17-14-20)31-27-18-15-19-7-1-2-9-23(19)28(27)24-10-4-6-12-26(24)30/h1-18,30-31H. The van der Waals surface area contributed by atoms with Crippen molar-refractivity contribution in [3.63, 3.8) is 0 Å². The van der Waals surface area contributed by atoms with Gasteiger partial charge >= 0.3 is 0 Å². The van der Waals surface area contributed by atoms with Gasteiger partial charge in [-0.1, -0.05) is 106 Å². The predicted octanol–water partition coefficient (Wildman–Crippen LogP) is 6.65. The van der Waals surface area contributed by atoms with E-state index in [-0.39, 0.29) is 11.6 Å². The summed E-state index contributed by atoms with van der Waals surface area (Å²) in [6, 6.07) is 34.9. The van der Waals surface area contributed by atoms with Crippen LogP contribution in [0, 0.1) is 5.82 Å². The molecule has 5 aromatic rings. The van der Waals surface area contributed by atoms with Crippen LogP contribution in [0.5, 0.6) is 5.75 Å². The molecule has 3 heteroatoms. The highest BCUT2D eigenvalue weighted by atomic mass is 31.1. The molecule has 0 aromatic heterocycles. The molecule has 150 valence electrons. The Balaban J connectivity index is 1.58. The fourth-order valence-electron chi connectivity index (χ4n) is 3.93. The third kappa shape index (κ3) is 3.83. The van der Waals surface area contributed by atoms with E-state index in [1.54, 1.807) is 18.2 Å². The first-order valence-electron chi connectivity index (χ1n) is 10.1. The molecule has 0 radical (unpaired) electrons. The molecule has 0 aliphatic rings. The molecule has 31 heavy (non-hydrogen) atoms. The Morgan fingerprint density at radius 3 is 2.06 bits per heavy atom. The van der Waals surface area contributed by atoms with E-state index in [2.05, 4.69) is 36.4 Å². The van der Waals surface area contributed by atoms with Crippen LogP contribution in [0.15, 0.2) is 109 Å². The Morgan fingerprint density at radius 1 is 0.613 bits per heavy atom. The van der Waals surface area contributed by atoms with E-state index in [1.165, 1.54) is 11.4 Å². The first-order chi connectivity index (χ1) is 15.2. The van der Waals surface area contributed by atoms with E-state index in [1.807, 2.05) is 48.5 Å². The van der Waals surface area contributed by atoms with Crippen LogP contribution in [-0.4, -0.2) is 5.11 Å². The Morgan fingerprint density at radius 2 is 1.29 bits per heavy atom. The van der Waals surface area contributed by atoms with Gasteiger partial charge in [-0.15, -0.1) is 0 Å². The minimum absolute atomic E-state index is 0.214. The number of aromatic hydroxyl groups is 1. The summed E-state index contributed by atoms with van der Waals surface area (Å²) in [6.07, 6.45) is 0. The van der Waals surface area contributed by atoms with Crippen LogP contribution in [0.3, 0.4) is 0 Å². The first kappa shape index (κ1) is 19.5. The summed E-state index contributed by atoms with van der Waals surface area (Å²) >= 11 is 0. The van der Waals surface area contributed by atoms with Crippen molar-refractivity contribution in [3.05, 3.63) is 115 Å². The van der Waals surface area contributed by atoms with Gasteiger partial charge in [0.25, 0.3) is 0 Å². The van der Waals surface area contributed by atoms with Gasteiger partial charge in [-0.2, -0.15) is 0 Å². The Bertz CT molecular complexity index is 1380. The van der Waals surface area contributed by atoms with Crippen molar-refractivity contribution in [1.82, 2.24) is 0 Å². The summed E-state index contributed by atoms with van der Waals surface area (Å²) < 4.78 is 14.1. The molecule has 0 amide bonds. The highest BCUT2D eigenvalue weighted by Gasteiger charge is 2.14. The maximum absolute atomic E-state index is 14.1. The van der Waals surface area contributed by atoms with E-state index >= 15 is 0 Å². The summed E-state index contributed by atoms with van der Waals surface area (Å²) in [5.74, 6) is 0.0638. The smallest absolute Gasteiger partial charge is 0.131 e. The molecule has 0 aliphatic carbocycles. The molecule has 5 aromatic carbocycles. The second-order valence-corrected chi connectivity index (χ2v) is 8.77. The topological polar surface area (TPSA) is 20.2 Å². The van der Waals surface area contributed by atoms with Gasteiger partial charge < -0.3 is 5.11 Å². The van der Waals surface area contributed by atoms with Crippen molar-refractivity contribution in [2.24, 2.45) is 0 Å². The lowest BCUT2D eigenvalue weighted by atomic mass is 9.97. The summed E-state index contributed by atoms with van der Waals surface area (Å²) in [7, 11) is 0.407. The Labute approximate surface area is 182 Å². The van der Waals surface area contributed by atoms with Crippen LogP contribution >= 0.6 is 8.58 Å². The molecule has 0 heterocycles. The van der Waals surface area contributed by atoms with E-state index in [4.69, 9.17) is 0 Å². The lowest BCUT2D eigenvalue weighted by Gasteiger charge is -2.15. The maximum Gasteiger partial charge on any atom is 0.131 e. The van der Waals surface area contributed by atoms with Crippen molar-refractivity contribution < 1.29 is 9.50 Å². The number of hydrogen-bond acceptors (Lipinski definition) is 1. The van der Waals surface area contributed by atoms with Crippen molar-refractivity contribution in [1.29, 1.82) is 0 Å². The summed E-state index contributed by atoms with van der Waals surface area (Å²) in [6.45, 7) is 0. The quantitative estimate of drug-likeness (QED) is 0.322. The summed E-state index contributed by atoms with van der Waals surface area (Å²) in [4.78, 5) is 0. The Hall–Kier alpha value is -3.48. The summed E-state index contributed by atoms with van der Waals surface area (Å²) in [5.41, 5.74) is 3.38. The third-order valence-corrected chi connectivity index (χ3v) is 6.76. The lowest BCUT2D eigenvalue weighted by molar-refractivity contribution is 0.477. The molecule has 1 N–H and O–H groups in total. The lowest BCUT2D eigenvalue weighted by Crippen LogP contribution is -2.07. The molecule has 0 aliphatic heterocycles. The molecule has 1 unspecified atom stereocenters. The van der Waals surface area contributed by atoms with Gasteiger partial charge in [0.05, 0.1) is 0 Å². The van der Waals surface area contributed by atoms with E-state index in [0.717, 1.165) is 32.8 Å². The fraction of sp³-hybridized carbons (Fsp3) is 0. The number of rotatable bonds is 4. The highest BCUT2D eigenvalue weighted by molar-refractivity contribution is 7.55. The number of fused-ring (bicyclic) bond motifs is 1. The zero-order chi connectivity index (χ0) is 21.2. The molecule has 0 fully saturated rings. The molecule has 5 rings (SSSR count). The molecule has 0 spiro atoms. The van der Waals surface area contributed by atoms with E-state index < -0.39 is 0 Å². The zero-order valence-electron chi connectivity index (χ0n) is 16.7. The van der Waals surface area contributed by atoms with Gasteiger partial charge in [-0.05, 0) is 39.1 Å². The normalized spacial score (nSPS) is 11.4. The second kappa shape index (κ2) is 8.34. The Kier molecular flexibility index (Phi) is 5.24. The highest BCUT2D eigenvalue weighted by Crippen LogP contribution is 2.36. The van der Waals surface area contributed by atoms with Crippen molar-refractivity contribution in [2.75, 3.05) is 0 Å². The van der Waals surface area contributed by atoms with Crippen LogP contribution < -0.4 is 10.6 Å². The SMILES string of the molecule is Oc1ccccc1-c1c(Pc2ccc(-c3ccccc3F)cc2)ccc2ccccc12. The average molecular weight is 422 g/mol. The number of phenols is 1. The minimum atomic E-state index is -0.214. The number of para-hydroxylation sites is 1. The summed E-state index contributed by atoms with van der Waals surface area (Å²) in [5, 5.41) is 15.2. The van der Waals surface area contributed by atoms with Crippen LogP contribution in [0.1, 0.15) is 0 Å². The van der Waals surface area contributed by atoms with Gasteiger partial charge in [0.2, 0.25) is 0 Å². The number of hydrogen-bond donors (Lipinski definition) is 1. The average Bonchev–Trinajstić information content (AvgIpc) is 2.81. The first-order valence-corrected chi connectivity index (χ1v) is 11.1. The largest absolute Gasteiger partial charge is 0.507 e. The molecule has 1 atom stereocenters. The molecule has 0 saturated heterocycles. The molecule has 0 bridgehead atoms. The monoisotopic (exact) mass is 422 g/mol. The number of phenolic OH excluding ortho intramolecular Hbond substituents is 1. The molecule has 1 nitrogen and oxygen atoms in total. The van der Waals surface area contributed by atoms with Crippen LogP contribution in [0.25, 0.3) is 33.0 Å². The molecular weight excluding hydrogens is 402 g/mol. The van der Waals surface area contributed by atoms with Crippen LogP contribution in [-0.2, 0) is 0 Å². The van der Waals surface area contributed by atoms with Gasteiger partial charge in [-0.3, -0.25) is 0 Å². The van der Waals surface area contributed by atoms with Crippen LogP contribution in [0.2, 0.25) is 0 Å². The zero-order valence-corrected chi connectivity index (χ0v) is 17.7. The maximum atomic E-state index is 14.1. The number of benzene rings is 5. The van der Waals surface area contributed by atoms with Gasteiger partial charge in [0.15, 0.2) is 0 Å². The van der Waals surface area contributed by atoms with Gasteiger partial charge in [0, 0.05) is 16.7 Å². The fourth-order valence-corrected chi connectivity index (χ4v) is 5.14. The predicted molar refractivity (Wildman–Crippen MR) is 130 cm³/mol. The molecular formula is C28H20FOP. The van der Waals surface area contributed by atoms with Crippen molar-refractivity contribution >= 4 is 30.0 Å².